The van der Waals surface area contributed by atoms with E-state index in [1.54, 1.807) is 26.4 Å². The molecule has 0 aliphatic carbocycles. The predicted octanol–water partition coefficient (Wildman–Crippen LogP) is 4.23. The van der Waals surface area contributed by atoms with E-state index in [1.807, 2.05) is 36.4 Å². The molecule has 0 aliphatic heterocycles. The van der Waals surface area contributed by atoms with Crippen molar-refractivity contribution in [1.29, 1.82) is 0 Å². The summed E-state index contributed by atoms with van der Waals surface area (Å²) in [5.41, 5.74) is 1.73. The van der Waals surface area contributed by atoms with Gasteiger partial charge in [-0.05, 0) is 24.1 Å². The monoisotopic (exact) mass is 313 g/mol. The quantitative estimate of drug-likeness (QED) is 0.832. The third-order valence-corrected chi connectivity index (χ3v) is 3.75. The molecule has 0 saturated heterocycles. The largest absolute Gasteiger partial charge is 0.493 e. The van der Waals surface area contributed by atoms with E-state index in [1.165, 1.54) is 0 Å². The maximum Gasteiger partial charge on any atom is 0.231 e. The van der Waals surface area contributed by atoms with E-state index in [0.29, 0.717) is 17.2 Å². The molecule has 23 heavy (non-hydrogen) atoms. The Morgan fingerprint density at radius 3 is 2.35 bits per heavy atom. The Kier molecular flexibility index (Phi) is 6.03. The summed E-state index contributed by atoms with van der Waals surface area (Å²) in [4.78, 5) is 12.7. The Hall–Kier alpha value is -2.49. The molecule has 0 spiro atoms. The number of rotatable bonds is 7. The second kappa shape index (κ2) is 8.22. The number of amides is 1. The Bertz CT molecular complexity index is 640. The van der Waals surface area contributed by atoms with E-state index in [-0.39, 0.29) is 11.8 Å². The summed E-state index contributed by atoms with van der Waals surface area (Å²) in [7, 11) is 3.16. The Morgan fingerprint density at radius 2 is 1.74 bits per heavy atom. The van der Waals surface area contributed by atoms with Crippen LogP contribution in [0.25, 0.3) is 0 Å². The van der Waals surface area contributed by atoms with Gasteiger partial charge in [0.05, 0.1) is 20.1 Å². The summed E-state index contributed by atoms with van der Waals surface area (Å²) in [5.74, 6) is 1.07. The smallest absolute Gasteiger partial charge is 0.231 e. The van der Waals surface area contributed by atoms with Gasteiger partial charge in [0.1, 0.15) is 0 Å². The molecule has 4 nitrogen and oxygen atoms in total. The molecular weight excluding hydrogens is 290 g/mol. The summed E-state index contributed by atoms with van der Waals surface area (Å²) in [6.07, 6.45) is 1.75. The lowest BCUT2D eigenvalue weighted by Gasteiger charge is -2.17. The minimum atomic E-state index is -0.158. The summed E-state index contributed by atoms with van der Waals surface area (Å²) in [5, 5.41) is 2.98. The molecule has 4 heteroatoms. The maximum absolute atomic E-state index is 12.7. The predicted molar refractivity (Wildman–Crippen MR) is 92.3 cm³/mol. The molecular formula is C19H23NO3. The van der Waals surface area contributed by atoms with Crippen LogP contribution in [0.15, 0.2) is 48.5 Å². The molecule has 0 bridgehead atoms. The van der Waals surface area contributed by atoms with Crippen LogP contribution in [0.4, 0.5) is 5.69 Å². The highest BCUT2D eigenvalue weighted by molar-refractivity contribution is 5.96. The Morgan fingerprint density at radius 1 is 1.04 bits per heavy atom. The van der Waals surface area contributed by atoms with Crippen molar-refractivity contribution >= 4 is 11.6 Å². The van der Waals surface area contributed by atoms with E-state index >= 15 is 0 Å². The SMILES string of the molecule is CCCC(C(=O)Nc1ccc(OC)c(OC)c1)c1ccccc1. The fraction of sp³-hybridized carbons (Fsp3) is 0.316. The van der Waals surface area contributed by atoms with Crippen molar-refractivity contribution in [2.45, 2.75) is 25.7 Å². The minimum absolute atomic E-state index is 0.00901. The van der Waals surface area contributed by atoms with Gasteiger partial charge in [-0.15, -0.1) is 0 Å². The van der Waals surface area contributed by atoms with Crippen LogP contribution in [-0.4, -0.2) is 20.1 Å². The van der Waals surface area contributed by atoms with Gasteiger partial charge < -0.3 is 14.8 Å². The van der Waals surface area contributed by atoms with Gasteiger partial charge in [-0.25, -0.2) is 0 Å². The Labute approximate surface area is 137 Å². The number of carbonyl (C=O) groups is 1. The van der Waals surface area contributed by atoms with E-state index in [2.05, 4.69) is 12.2 Å². The summed E-state index contributed by atoms with van der Waals surface area (Å²) in [6, 6.07) is 15.2. The molecule has 0 radical (unpaired) electrons. The number of hydrogen-bond donors (Lipinski definition) is 1. The van der Waals surface area contributed by atoms with Crippen LogP contribution in [0.5, 0.6) is 11.5 Å². The number of nitrogens with one attached hydrogen (secondary N) is 1. The number of ether oxygens (including phenoxy) is 2. The Balaban J connectivity index is 2.18. The lowest BCUT2D eigenvalue weighted by Crippen LogP contribution is -2.21. The third-order valence-electron chi connectivity index (χ3n) is 3.75. The van der Waals surface area contributed by atoms with E-state index in [9.17, 15) is 4.79 Å². The zero-order valence-electron chi connectivity index (χ0n) is 13.8. The molecule has 2 rings (SSSR count). The average molecular weight is 313 g/mol. The molecule has 1 N–H and O–H groups in total. The topological polar surface area (TPSA) is 47.6 Å². The molecule has 122 valence electrons. The van der Waals surface area contributed by atoms with Gasteiger partial charge >= 0.3 is 0 Å². The summed E-state index contributed by atoms with van der Waals surface area (Å²) >= 11 is 0. The van der Waals surface area contributed by atoms with Crippen molar-refractivity contribution in [2.75, 3.05) is 19.5 Å². The maximum atomic E-state index is 12.7. The summed E-state index contributed by atoms with van der Waals surface area (Å²) < 4.78 is 10.5. The van der Waals surface area contributed by atoms with Crippen molar-refractivity contribution in [3.63, 3.8) is 0 Å². The average Bonchev–Trinajstić information content (AvgIpc) is 2.60. The van der Waals surface area contributed by atoms with Crippen LogP contribution in [0, 0.1) is 0 Å². The van der Waals surface area contributed by atoms with Gasteiger partial charge in [0.25, 0.3) is 0 Å². The number of carbonyl (C=O) groups excluding carboxylic acids is 1. The highest BCUT2D eigenvalue weighted by Crippen LogP contribution is 2.31. The number of hydrogen-bond acceptors (Lipinski definition) is 3. The van der Waals surface area contributed by atoms with E-state index in [4.69, 9.17) is 9.47 Å². The zero-order chi connectivity index (χ0) is 16.7. The first kappa shape index (κ1) is 16.9. The fourth-order valence-electron chi connectivity index (χ4n) is 2.57. The van der Waals surface area contributed by atoms with Gasteiger partial charge in [-0.1, -0.05) is 43.7 Å². The molecule has 1 amide bonds. The van der Waals surface area contributed by atoms with Crippen LogP contribution < -0.4 is 14.8 Å². The van der Waals surface area contributed by atoms with Crippen molar-refractivity contribution in [3.05, 3.63) is 54.1 Å². The van der Waals surface area contributed by atoms with Crippen LogP contribution in [-0.2, 0) is 4.79 Å². The number of methoxy groups -OCH3 is 2. The van der Waals surface area contributed by atoms with Crippen LogP contribution in [0.2, 0.25) is 0 Å². The van der Waals surface area contributed by atoms with Gasteiger partial charge in [0.15, 0.2) is 11.5 Å². The second-order valence-corrected chi connectivity index (χ2v) is 5.31. The first-order valence-corrected chi connectivity index (χ1v) is 7.77. The van der Waals surface area contributed by atoms with Gasteiger partial charge in [-0.3, -0.25) is 4.79 Å². The van der Waals surface area contributed by atoms with Gasteiger partial charge in [0.2, 0.25) is 5.91 Å². The highest BCUT2D eigenvalue weighted by Gasteiger charge is 2.20. The molecule has 0 fully saturated rings. The van der Waals surface area contributed by atoms with E-state index in [0.717, 1.165) is 18.4 Å². The first-order chi connectivity index (χ1) is 11.2. The third kappa shape index (κ3) is 4.25. The number of anilines is 1. The molecule has 2 aromatic carbocycles. The molecule has 0 aliphatic rings. The second-order valence-electron chi connectivity index (χ2n) is 5.31. The standard InChI is InChI=1S/C19H23NO3/c1-4-8-16(14-9-6-5-7-10-14)19(21)20-15-11-12-17(22-2)18(13-15)23-3/h5-7,9-13,16H,4,8H2,1-3H3,(H,20,21). The van der Waals surface area contributed by atoms with Crippen LogP contribution >= 0.6 is 0 Å². The van der Waals surface area contributed by atoms with Gasteiger partial charge in [0, 0.05) is 11.8 Å². The number of benzene rings is 2. The lowest BCUT2D eigenvalue weighted by molar-refractivity contribution is -0.117. The molecule has 2 aromatic rings. The van der Waals surface area contributed by atoms with Gasteiger partial charge in [-0.2, -0.15) is 0 Å². The molecule has 0 aromatic heterocycles. The highest BCUT2D eigenvalue weighted by atomic mass is 16.5. The van der Waals surface area contributed by atoms with Crippen molar-refractivity contribution in [2.24, 2.45) is 0 Å². The van der Waals surface area contributed by atoms with Crippen molar-refractivity contribution < 1.29 is 14.3 Å². The first-order valence-electron chi connectivity index (χ1n) is 7.77. The zero-order valence-corrected chi connectivity index (χ0v) is 13.8. The molecule has 1 atom stereocenters. The minimum Gasteiger partial charge on any atom is -0.493 e. The van der Waals surface area contributed by atoms with Crippen molar-refractivity contribution in [1.82, 2.24) is 0 Å². The normalized spacial score (nSPS) is 11.6. The van der Waals surface area contributed by atoms with Crippen LogP contribution in [0.1, 0.15) is 31.2 Å². The molecule has 0 heterocycles. The fourth-order valence-corrected chi connectivity index (χ4v) is 2.57. The molecule has 0 saturated carbocycles. The summed E-state index contributed by atoms with van der Waals surface area (Å²) in [6.45, 7) is 2.08. The van der Waals surface area contributed by atoms with E-state index < -0.39 is 0 Å². The lowest BCUT2D eigenvalue weighted by atomic mass is 9.93. The van der Waals surface area contributed by atoms with Crippen molar-refractivity contribution in [3.8, 4) is 11.5 Å². The molecule has 1 unspecified atom stereocenters. The van der Waals surface area contributed by atoms with Crippen LogP contribution in [0.3, 0.4) is 0 Å².